The lowest BCUT2D eigenvalue weighted by atomic mass is 9.61. The summed E-state index contributed by atoms with van der Waals surface area (Å²) in [4.78, 5) is 2.50. The first-order valence-electron chi connectivity index (χ1n) is 24.0. The number of ether oxygens (including phenoxy) is 1. The Labute approximate surface area is 404 Å². The highest BCUT2D eigenvalue weighted by Gasteiger charge is 2.50. The molecule has 4 heteroatoms. The number of furan rings is 1. The van der Waals surface area contributed by atoms with Crippen LogP contribution < -0.4 is 30.4 Å². The van der Waals surface area contributed by atoms with E-state index in [1.54, 1.807) is 0 Å². The zero-order valence-corrected chi connectivity index (χ0v) is 39.9. The summed E-state index contributed by atoms with van der Waals surface area (Å²) < 4.78 is 14.4. The van der Waals surface area contributed by atoms with E-state index in [1.165, 1.54) is 48.6 Å². The fourth-order valence-corrected chi connectivity index (χ4v) is 16.8. The van der Waals surface area contributed by atoms with Crippen molar-refractivity contribution in [1.29, 1.82) is 0 Å². The van der Waals surface area contributed by atoms with Crippen LogP contribution in [-0.4, -0.2) is 8.07 Å². The molecule has 1 aromatic heterocycles. The molecule has 10 aromatic carbocycles. The molecule has 3 nitrogen and oxygen atoms in total. The molecule has 2 aliphatic heterocycles. The largest absolute Gasteiger partial charge is 0.457 e. The van der Waals surface area contributed by atoms with Crippen LogP contribution in [0.2, 0.25) is 0 Å². The van der Waals surface area contributed by atoms with Gasteiger partial charge in [-0.15, -0.1) is 0 Å². The van der Waals surface area contributed by atoms with Gasteiger partial charge in [0, 0.05) is 27.6 Å². The third-order valence-corrected chi connectivity index (χ3v) is 19.6. The molecule has 0 aliphatic carbocycles. The average molecular weight is 904 g/mol. The van der Waals surface area contributed by atoms with E-state index in [0.29, 0.717) is 0 Å². The van der Waals surface area contributed by atoms with Crippen molar-refractivity contribution in [2.24, 2.45) is 0 Å². The highest BCUT2D eigenvalue weighted by molar-refractivity contribution is 7.20. The molecule has 0 saturated heterocycles. The molecule has 0 fully saturated rings. The van der Waals surface area contributed by atoms with Crippen molar-refractivity contribution in [1.82, 2.24) is 0 Å². The molecule has 0 bridgehead atoms. The summed E-state index contributed by atoms with van der Waals surface area (Å²) >= 11 is 0. The third kappa shape index (κ3) is 6.05. The molecule has 330 valence electrons. The molecule has 2 aliphatic rings. The number of nitrogens with zero attached hydrogens (tertiary/aromatic N) is 1. The predicted molar refractivity (Wildman–Crippen MR) is 288 cm³/mol. The minimum Gasteiger partial charge on any atom is -0.457 e. The monoisotopic (exact) mass is 903 g/mol. The number of rotatable bonds is 6. The Balaban J connectivity index is 1.13. The predicted octanol–water partition coefficient (Wildman–Crippen LogP) is 14.2. The Hall–Kier alpha value is -8.18. The molecule has 0 spiro atoms. The summed E-state index contributed by atoms with van der Waals surface area (Å²) in [6.07, 6.45) is 0. The van der Waals surface area contributed by atoms with Gasteiger partial charge in [0.2, 0.25) is 0 Å². The first kappa shape index (κ1) is 41.0. The molecule has 11 aromatic rings. The minimum absolute atomic E-state index is 0.0964. The standard InChI is InChI=1S/C65H49NO2Si/c1-64(2,3)46-39-40-57-55(41-46)65(44-23-8-4-9-24-44,45-25-10-5-11-26-45)54-33-17-18-34-56(54)66(57)47-42-52-50-31-16-19-35-58(50)67-62(52)53(43-47)51-32-22-38-61-63(51)68-59-36-20-21-37-60(59)69(61,48-27-12-6-13-28-48)49-29-14-7-15-30-49/h4-43H,1-3H3. The second-order valence-electron chi connectivity index (χ2n) is 19.5. The van der Waals surface area contributed by atoms with E-state index in [1.807, 2.05) is 0 Å². The van der Waals surface area contributed by atoms with E-state index in [0.717, 1.165) is 61.6 Å². The Morgan fingerprint density at radius 1 is 0.449 bits per heavy atom. The van der Waals surface area contributed by atoms with Gasteiger partial charge in [0.1, 0.15) is 22.7 Å². The molecule has 0 unspecified atom stereocenters. The quantitative estimate of drug-likeness (QED) is 0.156. The molecule has 69 heavy (non-hydrogen) atoms. The van der Waals surface area contributed by atoms with E-state index < -0.39 is 13.5 Å². The maximum Gasteiger partial charge on any atom is 0.188 e. The summed E-state index contributed by atoms with van der Waals surface area (Å²) in [6, 6.07) is 89.3. The number of para-hydroxylation sites is 4. The lowest BCUT2D eigenvalue weighted by Crippen LogP contribution is -2.76. The summed E-state index contributed by atoms with van der Waals surface area (Å²) in [6.45, 7) is 6.94. The van der Waals surface area contributed by atoms with Crippen LogP contribution in [-0.2, 0) is 10.8 Å². The van der Waals surface area contributed by atoms with Crippen molar-refractivity contribution in [3.63, 3.8) is 0 Å². The Kier molecular flexibility index (Phi) is 9.34. The number of hydrogen-bond donors (Lipinski definition) is 0. The van der Waals surface area contributed by atoms with Crippen LogP contribution in [0.5, 0.6) is 11.5 Å². The van der Waals surface area contributed by atoms with Crippen LogP contribution in [0.25, 0.3) is 33.1 Å². The van der Waals surface area contributed by atoms with Gasteiger partial charge in [0.15, 0.2) is 8.07 Å². The van der Waals surface area contributed by atoms with Crippen molar-refractivity contribution in [3.8, 4) is 22.6 Å². The topological polar surface area (TPSA) is 25.6 Å². The van der Waals surface area contributed by atoms with Gasteiger partial charge in [-0.3, -0.25) is 0 Å². The van der Waals surface area contributed by atoms with Crippen molar-refractivity contribution in [2.45, 2.75) is 31.6 Å². The minimum atomic E-state index is -2.95. The van der Waals surface area contributed by atoms with Gasteiger partial charge in [-0.05, 0) is 90.4 Å². The second kappa shape index (κ2) is 15.7. The molecule has 0 saturated carbocycles. The normalized spacial score (nSPS) is 14.3. The highest BCUT2D eigenvalue weighted by atomic mass is 28.3. The van der Waals surface area contributed by atoms with Crippen molar-refractivity contribution in [3.05, 3.63) is 270 Å². The highest BCUT2D eigenvalue weighted by Crippen LogP contribution is 2.59. The van der Waals surface area contributed by atoms with E-state index in [2.05, 4.69) is 268 Å². The van der Waals surface area contributed by atoms with Gasteiger partial charge in [-0.1, -0.05) is 227 Å². The van der Waals surface area contributed by atoms with Crippen LogP contribution in [0, 0.1) is 0 Å². The molecule has 0 amide bonds. The summed E-state index contributed by atoms with van der Waals surface area (Å²) in [5, 5.41) is 7.19. The van der Waals surface area contributed by atoms with Crippen LogP contribution in [0.1, 0.15) is 48.6 Å². The lowest BCUT2D eigenvalue weighted by molar-refractivity contribution is 0.489. The first-order valence-corrected chi connectivity index (χ1v) is 26.0. The number of anilines is 3. The van der Waals surface area contributed by atoms with E-state index >= 15 is 0 Å². The zero-order valence-electron chi connectivity index (χ0n) is 38.9. The average Bonchev–Trinajstić information content (AvgIpc) is 3.78. The molecule has 0 radical (unpaired) electrons. The third-order valence-electron chi connectivity index (χ3n) is 14.8. The fourth-order valence-electron chi connectivity index (χ4n) is 11.8. The van der Waals surface area contributed by atoms with E-state index in [9.17, 15) is 0 Å². The number of hydrogen-bond acceptors (Lipinski definition) is 3. The first-order chi connectivity index (χ1) is 33.9. The van der Waals surface area contributed by atoms with Gasteiger partial charge in [-0.2, -0.15) is 0 Å². The SMILES string of the molecule is CC(C)(C)c1ccc2c(c1)C(c1ccccc1)(c1ccccc1)c1ccccc1N2c1cc(-c2cccc3c2Oc2ccccc2[Si]3(c2ccccc2)c2ccccc2)c2oc3ccccc3c2c1. The smallest absolute Gasteiger partial charge is 0.188 e. The van der Waals surface area contributed by atoms with Crippen LogP contribution in [0.15, 0.2) is 247 Å². The second-order valence-corrected chi connectivity index (χ2v) is 23.3. The maximum atomic E-state index is 7.33. The molecule has 3 heterocycles. The zero-order chi connectivity index (χ0) is 46.3. The van der Waals surface area contributed by atoms with Gasteiger partial charge in [0.05, 0.1) is 16.8 Å². The maximum absolute atomic E-state index is 7.33. The van der Waals surface area contributed by atoms with Crippen LogP contribution in [0.3, 0.4) is 0 Å². The number of fused-ring (bicyclic) bond motifs is 7. The molecule has 13 rings (SSSR count). The summed E-state index contributed by atoms with van der Waals surface area (Å²) in [7, 11) is -2.95. The Bertz CT molecular complexity index is 3660. The Morgan fingerprint density at radius 3 is 1.72 bits per heavy atom. The Morgan fingerprint density at radius 2 is 1.03 bits per heavy atom. The van der Waals surface area contributed by atoms with Crippen molar-refractivity contribution >= 4 is 67.8 Å². The van der Waals surface area contributed by atoms with Crippen LogP contribution in [0.4, 0.5) is 17.1 Å². The molecule has 0 atom stereocenters. The summed E-state index contributed by atoms with van der Waals surface area (Å²) in [5.41, 5.74) is 12.4. The van der Waals surface area contributed by atoms with Crippen molar-refractivity contribution in [2.75, 3.05) is 4.90 Å². The summed E-state index contributed by atoms with van der Waals surface area (Å²) in [5.74, 6) is 1.76. The fraction of sp³-hybridized carbons (Fsp3) is 0.0769. The number of benzene rings is 10. The van der Waals surface area contributed by atoms with Crippen molar-refractivity contribution < 1.29 is 9.15 Å². The van der Waals surface area contributed by atoms with Crippen LogP contribution >= 0.6 is 0 Å². The van der Waals surface area contributed by atoms with Gasteiger partial charge < -0.3 is 14.1 Å². The van der Waals surface area contributed by atoms with Gasteiger partial charge in [0.25, 0.3) is 0 Å². The van der Waals surface area contributed by atoms with Gasteiger partial charge >= 0.3 is 0 Å². The van der Waals surface area contributed by atoms with Gasteiger partial charge in [-0.25, -0.2) is 0 Å². The molecular formula is C65H49NO2Si. The molecular weight excluding hydrogens is 855 g/mol. The molecule has 0 N–H and O–H groups in total. The van der Waals surface area contributed by atoms with E-state index in [-0.39, 0.29) is 5.41 Å². The van der Waals surface area contributed by atoms with E-state index in [4.69, 9.17) is 9.15 Å². The lowest BCUT2D eigenvalue weighted by Gasteiger charge is -2.47.